The smallest absolute Gasteiger partial charge is 0.268 e. The van der Waals surface area contributed by atoms with Crippen molar-refractivity contribution in [2.75, 3.05) is 26.5 Å². The quantitative estimate of drug-likeness (QED) is 0.742. The molecule has 1 aromatic rings. The van der Waals surface area contributed by atoms with Gasteiger partial charge in [0.25, 0.3) is 10.0 Å². The van der Waals surface area contributed by atoms with Crippen LogP contribution in [0, 0.1) is 5.92 Å². The molecule has 0 radical (unpaired) electrons. The average molecular weight is 323 g/mol. The molecule has 0 bridgehead atoms. The van der Waals surface area contributed by atoms with Gasteiger partial charge in [-0.25, -0.2) is 8.42 Å². The van der Waals surface area contributed by atoms with Gasteiger partial charge in [-0.2, -0.15) is 8.94 Å². The molecule has 0 spiro atoms. The number of sulfonamides is 1. The summed E-state index contributed by atoms with van der Waals surface area (Å²) in [6.45, 7) is 5.97. The van der Waals surface area contributed by atoms with Crippen molar-refractivity contribution in [3.63, 3.8) is 0 Å². The lowest BCUT2D eigenvalue weighted by atomic mass is 10.1. The molecule has 1 aliphatic rings. The van der Waals surface area contributed by atoms with Gasteiger partial charge < -0.3 is 4.74 Å². The van der Waals surface area contributed by atoms with Crippen LogP contribution >= 0.6 is 17.5 Å². The van der Waals surface area contributed by atoms with Crippen LogP contribution < -0.4 is 0 Å². The van der Waals surface area contributed by atoms with E-state index in [-0.39, 0.29) is 22.5 Å². The summed E-state index contributed by atoms with van der Waals surface area (Å²) in [6.07, 6.45) is 2.75. The van der Waals surface area contributed by atoms with Gasteiger partial charge in [0.2, 0.25) is 0 Å². The highest BCUT2D eigenvalue weighted by Gasteiger charge is 2.25. The molecule has 1 fully saturated rings. The molecule has 3 unspecified atom stereocenters. The first kappa shape index (κ1) is 15.3. The lowest BCUT2D eigenvalue weighted by Gasteiger charge is -2.16. The summed E-state index contributed by atoms with van der Waals surface area (Å²) in [6, 6.07) is 1.58. The van der Waals surface area contributed by atoms with Gasteiger partial charge in [-0.15, -0.1) is 0 Å². The van der Waals surface area contributed by atoms with Gasteiger partial charge in [0, 0.05) is 25.3 Å². The van der Waals surface area contributed by atoms with E-state index >= 15 is 0 Å². The van der Waals surface area contributed by atoms with Crippen molar-refractivity contribution < 1.29 is 13.2 Å². The van der Waals surface area contributed by atoms with E-state index in [1.807, 2.05) is 13.3 Å². The molecule has 1 saturated heterocycles. The Morgan fingerprint density at radius 1 is 1.53 bits per heavy atom. The first-order valence-electron chi connectivity index (χ1n) is 6.09. The van der Waals surface area contributed by atoms with E-state index in [0.717, 1.165) is 26.2 Å². The zero-order chi connectivity index (χ0) is 13.9. The van der Waals surface area contributed by atoms with E-state index in [1.54, 1.807) is 16.9 Å². The Kier molecular flexibility index (Phi) is 5.32. The largest absolute Gasteiger partial charge is 0.381 e. The molecule has 9 heteroatoms. The van der Waals surface area contributed by atoms with E-state index in [1.165, 1.54) is 3.85 Å². The molecule has 6 nitrogen and oxygen atoms in total. The zero-order valence-corrected chi connectivity index (χ0v) is 13.9. The number of hydrogen-bond donors (Lipinski definition) is 0. The highest BCUT2D eigenvalue weighted by Crippen LogP contribution is 2.34. The molecular formula is C10H19N3O3P2S. The van der Waals surface area contributed by atoms with Crippen molar-refractivity contribution in [2.24, 2.45) is 5.92 Å². The number of hydrogen-bond acceptors (Lipinski definition) is 4. The fourth-order valence-electron chi connectivity index (χ4n) is 2.02. The van der Waals surface area contributed by atoms with Crippen LogP contribution in [0.1, 0.15) is 6.42 Å². The number of nitrogens with zero attached hydrogens (tertiary/aromatic N) is 3. The van der Waals surface area contributed by atoms with Crippen LogP contribution in [0.3, 0.4) is 0 Å². The van der Waals surface area contributed by atoms with E-state index in [2.05, 4.69) is 5.10 Å². The van der Waals surface area contributed by atoms with Gasteiger partial charge in [0.05, 0.1) is 6.61 Å². The first-order valence-corrected chi connectivity index (χ1v) is 10.4. The topological polar surface area (TPSA) is 64.4 Å². The minimum Gasteiger partial charge on any atom is -0.381 e. The molecule has 0 amide bonds. The molecule has 1 aliphatic heterocycles. The van der Waals surface area contributed by atoms with Crippen LogP contribution in [0.4, 0.5) is 0 Å². The van der Waals surface area contributed by atoms with Crippen LogP contribution in [-0.4, -0.2) is 48.6 Å². The summed E-state index contributed by atoms with van der Waals surface area (Å²) in [4.78, 5) is 0. The summed E-state index contributed by atoms with van der Waals surface area (Å²) in [5, 5.41) is 4.35. The molecular weight excluding hydrogens is 304 g/mol. The Morgan fingerprint density at radius 3 is 2.84 bits per heavy atom. The SMILES string of the molecule is CPN(PC)S(=O)(=O)c1ccn(CC2CCOC2)n1. The average Bonchev–Trinajstić information content (AvgIpc) is 3.02. The molecule has 19 heavy (non-hydrogen) atoms. The normalized spacial score (nSPS) is 21.5. The van der Waals surface area contributed by atoms with Crippen LogP contribution in [-0.2, 0) is 21.3 Å². The fourth-order valence-corrected chi connectivity index (χ4v) is 6.03. The van der Waals surface area contributed by atoms with E-state index < -0.39 is 10.0 Å². The van der Waals surface area contributed by atoms with Gasteiger partial charge in [-0.1, -0.05) is 0 Å². The number of rotatable bonds is 6. The lowest BCUT2D eigenvalue weighted by Crippen LogP contribution is -2.17. The second-order valence-electron chi connectivity index (χ2n) is 4.32. The predicted molar refractivity (Wildman–Crippen MR) is 78.7 cm³/mol. The van der Waals surface area contributed by atoms with Gasteiger partial charge in [0.15, 0.2) is 5.03 Å². The first-order chi connectivity index (χ1) is 9.07. The second-order valence-corrected chi connectivity index (χ2v) is 8.94. The van der Waals surface area contributed by atoms with Crippen molar-refractivity contribution in [1.82, 2.24) is 13.6 Å². The number of ether oxygens (including phenoxy) is 1. The molecule has 0 N–H and O–H groups in total. The Bertz CT molecular complexity index is 510. The molecule has 0 aromatic carbocycles. The third kappa shape index (κ3) is 3.53. The third-order valence-electron chi connectivity index (χ3n) is 3.00. The predicted octanol–water partition coefficient (Wildman–Crippen LogP) is 1.36. The molecule has 108 valence electrons. The Balaban J connectivity index is 2.11. The molecule has 3 atom stereocenters. The van der Waals surface area contributed by atoms with Gasteiger partial charge in [0.1, 0.15) is 0 Å². The maximum absolute atomic E-state index is 12.3. The molecule has 1 aromatic heterocycles. The van der Waals surface area contributed by atoms with Gasteiger partial charge >= 0.3 is 0 Å². The molecule has 2 heterocycles. The van der Waals surface area contributed by atoms with Gasteiger partial charge in [-0.05, 0) is 43.3 Å². The maximum Gasteiger partial charge on any atom is 0.268 e. The van der Waals surface area contributed by atoms with Crippen LogP contribution in [0.5, 0.6) is 0 Å². The van der Waals surface area contributed by atoms with Crippen LogP contribution in [0.25, 0.3) is 0 Å². The van der Waals surface area contributed by atoms with Crippen molar-refractivity contribution in [1.29, 1.82) is 0 Å². The minimum absolute atomic E-state index is 0.148. The Hall–Kier alpha value is -0.0600. The molecule has 0 aliphatic carbocycles. The highest BCUT2D eigenvalue weighted by molar-refractivity contribution is 7.97. The maximum atomic E-state index is 12.3. The summed E-state index contributed by atoms with van der Waals surface area (Å²) >= 11 is 0. The van der Waals surface area contributed by atoms with Crippen LogP contribution in [0.15, 0.2) is 17.3 Å². The Morgan fingerprint density at radius 2 is 2.26 bits per heavy atom. The van der Waals surface area contributed by atoms with Gasteiger partial charge in [-0.3, -0.25) is 4.68 Å². The standard InChI is InChI=1S/C10H19N3O3P2S/c1-17-13(18-2)19(14,15)10-3-5-12(11-10)7-9-4-6-16-8-9/h3,5,9,17-18H,4,6-8H2,1-2H3. The van der Waals surface area contributed by atoms with E-state index in [9.17, 15) is 8.42 Å². The third-order valence-corrected chi connectivity index (χ3v) is 8.91. The summed E-state index contributed by atoms with van der Waals surface area (Å²) in [5.74, 6) is 0.438. The number of aromatic nitrogens is 2. The van der Waals surface area contributed by atoms with Crippen molar-refractivity contribution >= 4 is 27.5 Å². The minimum atomic E-state index is -3.42. The molecule has 2 rings (SSSR count). The van der Waals surface area contributed by atoms with Crippen molar-refractivity contribution in [2.45, 2.75) is 18.0 Å². The second kappa shape index (κ2) is 6.59. The highest BCUT2D eigenvalue weighted by atomic mass is 32.2. The zero-order valence-electron chi connectivity index (χ0n) is 11.0. The van der Waals surface area contributed by atoms with Crippen molar-refractivity contribution in [3.05, 3.63) is 12.3 Å². The lowest BCUT2D eigenvalue weighted by molar-refractivity contribution is 0.181. The van der Waals surface area contributed by atoms with Crippen LogP contribution in [0.2, 0.25) is 0 Å². The molecule has 0 saturated carbocycles. The van der Waals surface area contributed by atoms with Crippen molar-refractivity contribution in [3.8, 4) is 0 Å². The summed E-state index contributed by atoms with van der Waals surface area (Å²) < 4.78 is 33.1. The fraction of sp³-hybridized carbons (Fsp3) is 0.700. The monoisotopic (exact) mass is 323 g/mol. The van der Waals surface area contributed by atoms with E-state index in [0.29, 0.717) is 5.92 Å². The van der Waals surface area contributed by atoms with E-state index in [4.69, 9.17) is 4.74 Å². The summed E-state index contributed by atoms with van der Waals surface area (Å²) in [7, 11) is -2.96. The Labute approximate surface area is 117 Å². The summed E-state index contributed by atoms with van der Waals surface area (Å²) in [5.41, 5.74) is 0.